The molecular formula is C15H20N2O4. The van der Waals surface area contributed by atoms with Crippen LogP contribution in [0.5, 0.6) is 11.5 Å². The number of carbonyl (C=O) groups excluding carboxylic acids is 1. The van der Waals surface area contributed by atoms with E-state index in [4.69, 9.17) is 14.2 Å². The van der Waals surface area contributed by atoms with E-state index in [0.717, 1.165) is 30.0 Å². The van der Waals surface area contributed by atoms with Gasteiger partial charge in [0.1, 0.15) is 13.2 Å². The molecule has 2 heterocycles. The first-order valence-corrected chi connectivity index (χ1v) is 7.21. The standard InChI is InChI=1S/C15H20N2O4/c1-19-13-4-2-3-11-9-12(10-21-14(11)13)16-5-6-17-7-8-20-15(17)18/h2-4,12,16H,5-10H2,1H3/t12-/m1/s1. The summed E-state index contributed by atoms with van der Waals surface area (Å²) in [5, 5.41) is 3.43. The molecule has 0 bridgehead atoms. The molecule has 1 atom stereocenters. The molecule has 0 aliphatic carbocycles. The van der Waals surface area contributed by atoms with Crippen LogP contribution in [0.1, 0.15) is 5.56 Å². The predicted molar refractivity (Wildman–Crippen MR) is 76.9 cm³/mol. The largest absolute Gasteiger partial charge is 0.493 e. The number of cyclic esters (lactones) is 1. The van der Waals surface area contributed by atoms with Crippen molar-refractivity contribution in [3.63, 3.8) is 0 Å². The third-order valence-electron chi connectivity index (χ3n) is 3.84. The Morgan fingerprint density at radius 3 is 3.10 bits per heavy atom. The fourth-order valence-corrected chi connectivity index (χ4v) is 2.72. The van der Waals surface area contributed by atoms with E-state index < -0.39 is 0 Å². The van der Waals surface area contributed by atoms with Gasteiger partial charge in [-0.2, -0.15) is 0 Å². The zero-order valence-electron chi connectivity index (χ0n) is 12.1. The zero-order chi connectivity index (χ0) is 14.7. The van der Waals surface area contributed by atoms with Gasteiger partial charge in [0.25, 0.3) is 0 Å². The Morgan fingerprint density at radius 1 is 1.43 bits per heavy atom. The fraction of sp³-hybridized carbons (Fsp3) is 0.533. The Morgan fingerprint density at radius 2 is 2.33 bits per heavy atom. The summed E-state index contributed by atoms with van der Waals surface area (Å²) in [5.74, 6) is 1.63. The van der Waals surface area contributed by atoms with E-state index in [9.17, 15) is 4.79 Å². The maximum absolute atomic E-state index is 11.3. The minimum absolute atomic E-state index is 0.216. The number of nitrogens with zero attached hydrogens (tertiary/aromatic N) is 1. The highest BCUT2D eigenvalue weighted by Gasteiger charge is 2.24. The number of ether oxygens (including phenoxy) is 3. The second-order valence-electron chi connectivity index (χ2n) is 5.22. The van der Waals surface area contributed by atoms with Gasteiger partial charge in [0.15, 0.2) is 11.5 Å². The monoisotopic (exact) mass is 292 g/mol. The number of amides is 1. The number of carbonyl (C=O) groups is 1. The molecule has 1 aromatic carbocycles. The smallest absolute Gasteiger partial charge is 0.409 e. The second-order valence-corrected chi connectivity index (χ2v) is 5.22. The molecule has 0 radical (unpaired) electrons. The molecule has 1 amide bonds. The lowest BCUT2D eigenvalue weighted by Gasteiger charge is -2.27. The molecule has 1 N–H and O–H groups in total. The summed E-state index contributed by atoms with van der Waals surface area (Å²) >= 11 is 0. The molecule has 1 aromatic rings. The van der Waals surface area contributed by atoms with Gasteiger partial charge in [-0.25, -0.2) is 4.79 Å². The lowest BCUT2D eigenvalue weighted by molar-refractivity contribution is 0.157. The third-order valence-corrected chi connectivity index (χ3v) is 3.84. The number of para-hydroxylation sites is 1. The topological polar surface area (TPSA) is 60.0 Å². The van der Waals surface area contributed by atoms with E-state index in [2.05, 4.69) is 11.4 Å². The minimum Gasteiger partial charge on any atom is -0.493 e. The van der Waals surface area contributed by atoms with Crippen LogP contribution in [0.3, 0.4) is 0 Å². The molecule has 21 heavy (non-hydrogen) atoms. The van der Waals surface area contributed by atoms with Gasteiger partial charge >= 0.3 is 6.09 Å². The quantitative estimate of drug-likeness (QED) is 0.878. The van der Waals surface area contributed by atoms with Crippen molar-refractivity contribution in [1.82, 2.24) is 10.2 Å². The molecule has 0 spiro atoms. The van der Waals surface area contributed by atoms with Crippen LogP contribution >= 0.6 is 0 Å². The number of nitrogens with one attached hydrogen (secondary N) is 1. The Hall–Kier alpha value is -1.95. The zero-order valence-corrected chi connectivity index (χ0v) is 12.1. The van der Waals surface area contributed by atoms with Crippen molar-refractivity contribution in [3.8, 4) is 11.5 Å². The second kappa shape index (κ2) is 6.22. The molecule has 1 saturated heterocycles. The Bertz CT molecular complexity index is 520. The Labute approximate surface area is 124 Å². The minimum atomic E-state index is -0.216. The number of benzene rings is 1. The molecule has 0 aromatic heterocycles. The van der Waals surface area contributed by atoms with E-state index in [-0.39, 0.29) is 12.1 Å². The van der Waals surface area contributed by atoms with Crippen molar-refractivity contribution in [3.05, 3.63) is 23.8 Å². The highest BCUT2D eigenvalue weighted by atomic mass is 16.6. The SMILES string of the molecule is COc1cccc2c1OC[C@H](NCCN1CCOC1=O)C2. The summed E-state index contributed by atoms with van der Waals surface area (Å²) in [6.07, 6.45) is 0.684. The van der Waals surface area contributed by atoms with Crippen LogP contribution in [-0.2, 0) is 11.2 Å². The van der Waals surface area contributed by atoms with Gasteiger partial charge in [0, 0.05) is 19.1 Å². The average Bonchev–Trinajstić information content (AvgIpc) is 2.92. The number of methoxy groups -OCH3 is 1. The average molecular weight is 292 g/mol. The molecule has 6 heteroatoms. The van der Waals surface area contributed by atoms with E-state index in [1.807, 2.05) is 12.1 Å². The van der Waals surface area contributed by atoms with Gasteiger partial charge < -0.3 is 24.4 Å². The number of rotatable bonds is 5. The van der Waals surface area contributed by atoms with Gasteiger partial charge in [-0.1, -0.05) is 12.1 Å². The van der Waals surface area contributed by atoms with Crippen LogP contribution in [0.2, 0.25) is 0 Å². The summed E-state index contributed by atoms with van der Waals surface area (Å²) in [6, 6.07) is 6.20. The molecular weight excluding hydrogens is 272 g/mol. The lowest BCUT2D eigenvalue weighted by atomic mass is 10.0. The molecule has 2 aliphatic rings. The van der Waals surface area contributed by atoms with E-state index in [1.54, 1.807) is 12.0 Å². The van der Waals surface area contributed by atoms with Crippen LogP contribution in [0.15, 0.2) is 18.2 Å². The normalized spacial score (nSPS) is 20.7. The predicted octanol–water partition coefficient (Wildman–Crippen LogP) is 1.04. The fourth-order valence-electron chi connectivity index (χ4n) is 2.72. The number of hydrogen-bond acceptors (Lipinski definition) is 5. The summed E-state index contributed by atoms with van der Waals surface area (Å²) < 4.78 is 16.0. The Balaban J connectivity index is 1.51. The first-order valence-electron chi connectivity index (χ1n) is 7.21. The van der Waals surface area contributed by atoms with Gasteiger partial charge in [-0.05, 0) is 18.1 Å². The van der Waals surface area contributed by atoms with E-state index in [0.29, 0.717) is 26.3 Å². The Kier molecular flexibility index (Phi) is 4.15. The molecule has 1 fully saturated rings. The van der Waals surface area contributed by atoms with Crippen molar-refractivity contribution >= 4 is 6.09 Å². The van der Waals surface area contributed by atoms with Gasteiger partial charge in [-0.15, -0.1) is 0 Å². The first kappa shape index (κ1) is 14.0. The highest BCUT2D eigenvalue weighted by molar-refractivity contribution is 5.69. The van der Waals surface area contributed by atoms with Crippen molar-refractivity contribution in [1.29, 1.82) is 0 Å². The summed E-state index contributed by atoms with van der Waals surface area (Å²) in [7, 11) is 1.65. The first-order chi connectivity index (χ1) is 10.3. The summed E-state index contributed by atoms with van der Waals surface area (Å²) in [4.78, 5) is 13.0. The molecule has 114 valence electrons. The van der Waals surface area contributed by atoms with Crippen molar-refractivity contribution < 1.29 is 19.0 Å². The van der Waals surface area contributed by atoms with Crippen LogP contribution < -0.4 is 14.8 Å². The van der Waals surface area contributed by atoms with Crippen molar-refractivity contribution in [2.45, 2.75) is 12.5 Å². The maximum atomic E-state index is 11.3. The lowest BCUT2D eigenvalue weighted by Crippen LogP contribution is -2.43. The van der Waals surface area contributed by atoms with Gasteiger partial charge in [-0.3, -0.25) is 0 Å². The highest BCUT2D eigenvalue weighted by Crippen LogP contribution is 2.34. The van der Waals surface area contributed by atoms with Crippen molar-refractivity contribution in [2.75, 3.05) is 40.0 Å². The van der Waals surface area contributed by atoms with Crippen molar-refractivity contribution in [2.24, 2.45) is 0 Å². The molecule has 6 nitrogen and oxygen atoms in total. The number of fused-ring (bicyclic) bond motifs is 1. The van der Waals surface area contributed by atoms with Crippen LogP contribution in [-0.4, -0.2) is 57.0 Å². The summed E-state index contributed by atoms with van der Waals surface area (Å²) in [5.41, 5.74) is 1.15. The number of hydrogen-bond donors (Lipinski definition) is 1. The molecule has 2 aliphatic heterocycles. The maximum Gasteiger partial charge on any atom is 0.409 e. The van der Waals surface area contributed by atoms with Crippen LogP contribution in [0, 0.1) is 0 Å². The van der Waals surface area contributed by atoms with E-state index >= 15 is 0 Å². The van der Waals surface area contributed by atoms with Crippen LogP contribution in [0.4, 0.5) is 4.79 Å². The van der Waals surface area contributed by atoms with E-state index in [1.165, 1.54) is 0 Å². The van der Waals surface area contributed by atoms with Crippen LogP contribution in [0.25, 0.3) is 0 Å². The summed E-state index contributed by atoms with van der Waals surface area (Å²) in [6.45, 7) is 3.20. The third kappa shape index (κ3) is 3.05. The van der Waals surface area contributed by atoms with Gasteiger partial charge in [0.05, 0.1) is 13.7 Å². The molecule has 0 saturated carbocycles. The molecule has 3 rings (SSSR count). The van der Waals surface area contributed by atoms with Gasteiger partial charge in [0.2, 0.25) is 0 Å². The molecule has 0 unspecified atom stereocenters.